The Balaban J connectivity index is 1.34. The largest absolute Gasteiger partial charge is 0.425 e. The van der Waals surface area contributed by atoms with Crippen molar-refractivity contribution in [2.75, 3.05) is 72.2 Å². The maximum atomic E-state index is 14.1. The second kappa shape index (κ2) is 25.0. The minimum absolute atomic E-state index is 0.00250. The van der Waals surface area contributed by atoms with Crippen molar-refractivity contribution in [3.63, 3.8) is 0 Å². The number of nitrogens with zero attached hydrogens (tertiary/aromatic N) is 6. The number of carbonyl (C=O) groups excluding carboxylic acids is 7. The molecule has 3 atom stereocenters. The van der Waals surface area contributed by atoms with E-state index in [0.717, 1.165) is 47.4 Å². The zero-order valence-electron chi connectivity index (χ0n) is 39.5. The Morgan fingerprint density at radius 1 is 0.608 bits per heavy atom. The van der Waals surface area contributed by atoms with Gasteiger partial charge in [-0.3, -0.25) is 52.7 Å². The Hall–Kier alpha value is -8.83. The lowest BCUT2D eigenvalue weighted by Crippen LogP contribution is -2.52. The van der Waals surface area contributed by atoms with Gasteiger partial charge in [-0.2, -0.15) is 0 Å². The minimum Gasteiger partial charge on any atom is -0.425 e. The number of nitrogens with two attached hydrogens (primary N) is 1. The van der Waals surface area contributed by atoms with Gasteiger partial charge in [-0.05, 0) is 62.1 Å². The zero-order chi connectivity index (χ0) is 53.6. The van der Waals surface area contributed by atoms with Gasteiger partial charge in [0.05, 0.1) is 38.5 Å². The van der Waals surface area contributed by atoms with Crippen LogP contribution in [0, 0.1) is 0 Å². The van der Waals surface area contributed by atoms with Crippen LogP contribution in [0.25, 0.3) is 0 Å². The maximum absolute atomic E-state index is 14.1. The van der Waals surface area contributed by atoms with E-state index in [1.807, 2.05) is 0 Å². The van der Waals surface area contributed by atoms with Gasteiger partial charge in [0.1, 0.15) is 39.9 Å². The first kappa shape index (κ1) is 54.5. The normalized spacial score (nSPS) is 18.6. The van der Waals surface area contributed by atoms with Crippen LogP contribution in [0.4, 0.5) is 0 Å². The highest BCUT2D eigenvalue weighted by Crippen LogP contribution is 2.13. The average molecular weight is 1030 g/mol. The van der Waals surface area contributed by atoms with Crippen LogP contribution >= 0.6 is 0 Å². The van der Waals surface area contributed by atoms with Crippen molar-refractivity contribution >= 4 is 41.4 Å². The molecule has 0 aromatic carbocycles. The Morgan fingerprint density at radius 3 is 1.64 bits per heavy atom. The molecule has 8 heterocycles. The topological polar surface area (TPSA) is 400 Å². The molecule has 396 valence electrons. The molecule has 0 saturated carbocycles. The first-order valence-electron chi connectivity index (χ1n) is 23.1. The summed E-state index contributed by atoms with van der Waals surface area (Å²) in [5.41, 5.74) is -2.59. The number of rotatable bonds is 8. The molecule has 1 saturated heterocycles. The summed E-state index contributed by atoms with van der Waals surface area (Å²) in [4.78, 5) is 149. The van der Waals surface area contributed by atoms with Crippen molar-refractivity contribution in [1.82, 2.24) is 55.3 Å². The molecule has 4 aromatic rings. The number of hydrogen-bond acceptors (Lipinski definition) is 18. The minimum atomic E-state index is -1.53. The summed E-state index contributed by atoms with van der Waals surface area (Å²) in [6.45, 7) is -1.06. The molecule has 7 amide bonds. The number of fused-ring (bicyclic) bond motifs is 2. The maximum Gasteiger partial charge on any atom is 0.296 e. The fourth-order valence-electron chi connectivity index (χ4n) is 7.83. The van der Waals surface area contributed by atoms with E-state index in [4.69, 9.17) is 15.2 Å². The van der Waals surface area contributed by atoms with E-state index in [-0.39, 0.29) is 117 Å². The predicted molar refractivity (Wildman–Crippen MR) is 252 cm³/mol. The van der Waals surface area contributed by atoms with Gasteiger partial charge in [0.15, 0.2) is 0 Å². The third kappa shape index (κ3) is 13.0. The summed E-state index contributed by atoms with van der Waals surface area (Å²) in [7, 11) is 0. The predicted octanol–water partition coefficient (Wildman–Crippen LogP) is -4.01. The highest BCUT2D eigenvalue weighted by atomic mass is 16.5. The van der Waals surface area contributed by atoms with Crippen molar-refractivity contribution in [2.45, 2.75) is 43.8 Å². The molecule has 0 radical (unpaired) electrons. The summed E-state index contributed by atoms with van der Waals surface area (Å²) in [6.07, 6.45) is -0.186. The third-order valence-electron chi connectivity index (χ3n) is 11.8. The molecule has 29 heteroatoms. The summed E-state index contributed by atoms with van der Waals surface area (Å²) in [5, 5.41) is 55.1. The van der Waals surface area contributed by atoms with Crippen molar-refractivity contribution < 1.29 is 63.9 Å². The molecule has 4 aromatic heterocycles. The van der Waals surface area contributed by atoms with Crippen LogP contribution in [0.3, 0.4) is 0 Å². The fourth-order valence-corrected chi connectivity index (χ4v) is 7.83. The molecule has 4 bridgehead atoms. The molecular weight excluding hydrogens is 981 g/mol. The molecule has 1 fully saturated rings. The van der Waals surface area contributed by atoms with Gasteiger partial charge in [0.25, 0.3) is 57.7 Å². The highest BCUT2D eigenvalue weighted by Gasteiger charge is 2.34. The number of hydrogen-bond donors (Lipinski definition) is 10. The quantitative estimate of drug-likeness (QED) is 0.0594. The van der Waals surface area contributed by atoms with Gasteiger partial charge in [0.2, 0.25) is 5.91 Å². The molecule has 8 rings (SSSR count). The number of amides is 7. The first-order chi connectivity index (χ1) is 35.4. The molecule has 0 spiro atoms. The van der Waals surface area contributed by atoms with E-state index >= 15 is 0 Å². The van der Waals surface area contributed by atoms with Crippen LogP contribution in [0.2, 0.25) is 0 Å². The number of carbonyl (C=O) groups is 7. The number of pyridine rings is 4. The van der Waals surface area contributed by atoms with Crippen LogP contribution in [0.5, 0.6) is 0 Å². The second-order valence-corrected chi connectivity index (χ2v) is 16.7. The third-order valence-corrected chi connectivity index (χ3v) is 11.8. The second-order valence-electron chi connectivity index (χ2n) is 16.7. The standard InChI is InChI=1S/C45H54N12O17/c46-15-22-73-23-17-48-39(62)28-14-21-53(45(68)34-7-4-9-36(59)55(34)70)19-2-1-18-52(44(67)33-6-3-8-35(58)54(33)69)20-5-16-47-37(60)26-10-12-31(56(71)42(26)65)40(63)50-29-24-74-25-30(29)51-41(64)32-13-11-27(38(61)49-28)43(66)57(32)72/h3-4,6-13,28-30,69-72H,1-2,5,14-25,46H2,(H,47,60)(H,48,62)(H,49,61)(H,50,63)(H,51,64)/t28?,29-,30+/m1/s1. The summed E-state index contributed by atoms with van der Waals surface area (Å²) < 4.78 is 10.8. The number of ether oxygens (including phenoxy) is 2. The van der Waals surface area contributed by atoms with Crippen molar-refractivity contribution in [1.29, 1.82) is 0 Å². The van der Waals surface area contributed by atoms with Gasteiger partial charge in [0, 0.05) is 57.9 Å². The number of aromatic nitrogens is 4. The van der Waals surface area contributed by atoms with Gasteiger partial charge in [-0.15, -0.1) is 18.9 Å². The van der Waals surface area contributed by atoms with Gasteiger partial charge in [-0.25, -0.2) is 0 Å². The zero-order valence-corrected chi connectivity index (χ0v) is 39.5. The van der Waals surface area contributed by atoms with Crippen LogP contribution in [-0.4, -0.2) is 181 Å². The SMILES string of the molecule is NCCOCCNC(=O)C1CCN(C(=O)c2cccc(=O)n2O)CCCCN(C(=O)c2cccc(=O)n2O)CCCNC(=O)c2ccc(n(O)c2=O)C(=O)N[C@@H]2COC[C@@H]2NC(=O)c2ccc(c(=O)n2O)C(=O)N1. The summed E-state index contributed by atoms with van der Waals surface area (Å²) in [6, 6.07) is 7.04. The van der Waals surface area contributed by atoms with Gasteiger partial charge >= 0.3 is 0 Å². The molecule has 74 heavy (non-hydrogen) atoms. The molecule has 4 aliphatic heterocycles. The molecular formula is C45H54N12O17. The van der Waals surface area contributed by atoms with E-state index < -0.39 is 116 Å². The molecule has 1 unspecified atom stereocenters. The Labute approximate surface area is 417 Å². The van der Waals surface area contributed by atoms with Gasteiger partial charge < -0.3 is 72.4 Å². The summed E-state index contributed by atoms with van der Waals surface area (Å²) in [5.74, 6) is -6.82. The monoisotopic (exact) mass is 1030 g/mol. The molecule has 11 N–H and O–H groups in total. The van der Waals surface area contributed by atoms with Crippen molar-refractivity contribution in [2.24, 2.45) is 5.73 Å². The molecule has 29 nitrogen and oxygen atoms in total. The first-order valence-corrected chi connectivity index (χ1v) is 23.1. The van der Waals surface area contributed by atoms with Gasteiger partial charge in [-0.1, -0.05) is 12.1 Å². The Morgan fingerprint density at radius 2 is 1.11 bits per heavy atom. The van der Waals surface area contributed by atoms with Crippen LogP contribution in [-0.2, 0) is 14.3 Å². The van der Waals surface area contributed by atoms with E-state index in [1.54, 1.807) is 0 Å². The van der Waals surface area contributed by atoms with Crippen LogP contribution < -0.4 is 54.6 Å². The average Bonchev–Trinajstić information content (AvgIpc) is 3.81. The smallest absolute Gasteiger partial charge is 0.296 e. The lowest BCUT2D eigenvalue weighted by Gasteiger charge is -2.27. The Kier molecular flexibility index (Phi) is 18.4. The molecule has 0 aliphatic carbocycles. The van der Waals surface area contributed by atoms with Crippen molar-refractivity contribution in [3.05, 3.63) is 136 Å². The summed E-state index contributed by atoms with van der Waals surface area (Å²) >= 11 is 0. The van der Waals surface area contributed by atoms with E-state index in [2.05, 4.69) is 26.6 Å². The van der Waals surface area contributed by atoms with E-state index in [1.165, 1.54) is 23.1 Å². The molecule has 4 aliphatic rings. The van der Waals surface area contributed by atoms with E-state index in [0.29, 0.717) is 0 Å². The highest BCUT2D eigenvalue weighted by molar-refractivity contribution is 5.99. The van der Waals surface area contributed by atoms with Crippen LogP contribution in [0.1, 0.15) is 88.4 Å². The van der Waals surface area contributed by atoms with Crippen LogP contribution in [0.15, 0.2) is 79.8 Å². The van der Waals surface area contributed by atoms with E-state index in [9.17, 15) is 73.6 Å². The van der Waals surface area contributed by atoms with Crippen molar-refractivity contribution in [3.8, 4) is 0 Å². The fraction of sp³-hybridized carbons (Fsp3) is 0.400. The Bertz CT molecular complexity index is 3020. The lowest BCUT2D eigenvalue weighted by atomic mass is 10.1. The lowest BCUT2D eigenvalue weighted by molar-refractivity contribution is -0.123. The number of nitrogens with one attached hydrogen (secondary N) is 5.